The van der Waals surface area contributed by atoms with Gasteiger partial charge in [0, 0.05) is 13.2 Å². The molecule has 21 heavy (non-hydrogen) atoms. The van der Waals surface area contributed by atoms with Crippen molar-refractivity contribution in [2.45, 2.75) is 12.5 Å². The summed E-state index contributed by atoms with van der Waals surface area (Å²) >= 11 is 7.29. The summed E-state index contributed by atoms with van der Waals surface area (Å²) < 4.78 is 0. The number of rotatable bonds is 8. The number of aromatic nitrogens is 1. The number of pyridine rings is 1. The van der Waals surface area contributed by atoms with Crippen molar-refractivity contribution in [3.05, 3.63) is 23.4 Å². The van der Waals surface area contributed by atoms with Gasteiger partial charge in [0.1, 0.15) is 11.9 Å². The standard InChI is InChI=1S/C13H18ClN3O3S/c1-17(11-4-3-9(14)7-15-11)8-12(18)16-10(13(19)20)5-6-21-2/h3-4,7,10H,5-6,8H2,1-2H3,(H,16,18)(H,19,20). The summed E-state index contributed by atoms with van der Waals surface area (Å²) in [7, 11) is 1.70. The van der Waals surface area contributed by atoms with Gasteiger partial charge in [0.15, 0.2) is 0 Å². The molecule has 1 atom stereocenters. The molecule has 1 aromatic heterocycles. The van der Waals surface area contributed by atoms with Gasteiger partial charge in [0.25, 0.3) is 0 Å². The number of nitrogens with one attached hydrogen (secondary N) is 1. The van der Waals surface area contributed by atoms with Crippen molar-refractivity contribution in [2.24, 2.45) is 0 Å². The van der Waals surface area contributed by atoms with E-state index in [1.54, 1.807) is 24.1 Å². The number of thioether (sulfide) groups is 1. The second kappa shape index (κ2) is 8.74. The fourth-order valence-corrected chi connectivity index (χ4v) is 2.21. The van der Waals surface area contributed by atoms with Crippen molar-refractivity contribution in [1.29, 1.82) is 0 Å². The van der Waals surface area contributed by atoms with Crippen LogP contribution in [0.15, 0.2) is 18.3 Å². The van der Waals surface area contributed by atoms with Gasteiger partial charge in [-0.3, -0.25) is 4.79 Å². The number of halogens is 1. The zero-order valence-corrected chi connectivity index (χ0v) is 13.4. The summed E-state index contributed by atoms with van der Waals surface area (Å²) in [5.41, 5.74) is 0. The molecule has 2 N–H and O–H groups in total. The molecule has 1 unspecified atom stereocenters. The van der Waals surface area contributed by atoms with E-state index in [4.69, 9.17) is 16.7 Å². The second-order valence-electron chi connectivity index (χ2n) is 4.43. The predicted molar refractivity (Wildman–Crippen MR) is 85.1 cm³/mol. The summed E-state index contributed by atoms with van der Waals surface area (Å²) in [5, 5.41) is 12.1. The van der Waals surface area contributed by atoms with Crippen LogP contribution in [0.1, 0.15) is 6.42 Å². The number of carbonyl (C=O) groups is 2. The van der Waals surface area contributed by atoms with Crippen molar-refractivity contribution in [1.82, 2.24) is 10.3 Å². The average Bonchev–Trinajstić information content (AvgIpc) is 2.43. The fourth-order valence-electron chi connectivity index (χ4n) is 1.62. The molecule has 0 aromatic carbocycles. The number of nitrogens with zero attached hydrogens (tertiary/aromatic N) is 2. The number of amides is 1. The topological polar surface area (TPSA) is 82.5 Å². The summed E-state index contributed by atoms with van der Waals surface area (Å²) in [6.45, 7) is 0.0255. The Morgan fingerprint density at radius 3 is 2.76 bits per heavy atom. The van der Waals surface area contributed by atoms with E-state index < -0.39 is 12.0 Å². The lowest BCUT2D eigenvalue weighted by Crippen LogP contribution is -2.45. The number of carbonyl (C=O) groups excluding carboxylic acids is 1. The molecular formula is C13H18ClN3O3S. The highest BCUT2D eigenvalue weighted by atomic mass is 35.5. The van der Waals surface area contributed by atoms with Crippen LogP contribution >= 0.6 is 23.4 Å². The molecule has 1 heterocycles. The van der Waals surface area contributed by atoms with E-state index in [2.05, 4.69) is 10.3 Å². The van der Waals surface area contributed by atoms with Gasteiger partial charge in [-0.2, -0.15) is 11.8 Å². The van der Waals surface area contributed by atoms with Crippen LogP contribution in [0, 0.1) is 0 Å². The third-order valence-electron chi connectivity index (χ3n) is 2.73. The SMILES string of the molecule is CSCCC(NC(=O)CN(C)c1ccc(Cl)cn1)C(=O)O. The van der Waals surface area contributed by atoms with Crippen LogP contribution in [0.2, 0.25) is 5.02 Å². The lowest BCUT2D eigenvalue weighted by atomic mass is 10.2. The van der Waals surface area contributed by atoms with Crippen molar-refractivity contribution in [2.75, 3.05) is 30.5 Å². The van der Waals surface area contributed by atoms with Gasteiger partial charge < -0.3 is 15.3 Å². The molecule has 0 spiro atoms. The molecule has 6 nitrogen and oxygen atoms in total. The lowest BCUT2D eigenvalue weighted by Gasteiger charge is -2.19. The molecule has 116 valence electrons. The van der Waals surface area contributed by atoms with Crippen LogP contribution < -0.4 is 10.2 Å². The Labute approximate surface area is 132 Å². The maximum Gasteiger partial charge on any atom is 0.326 e. The van der Waals surface area contributed by atoms with Gasteiger partial charge in [-0.1, -0.05) is 11.6 Å². The smallest absolute Gasteiger partial charge is 0.326 e. The first-order chi connectivity index (χ1) is 9.93. The highest BCUT2D eigenvalue weighted by molar-refractivity contribution is 7.98. The molecule has 0 saturated heterocycles. The number of anilines is 1. The van der Waals surface area contributed by atoms with E-state index in [0.717, 1.165) is 0 Å². The van der Waals surface area contributed by atoms with Crippen LogP contribution in [0.25, 0.3) is 0 Å². The molecule has 8 heteroatoms. The molecule has 0 radical (unpaired) electrons. The minimum Gasteiger partial charge on any atom is -0.480 e. The van der Waals surface area contributed by atoms with E-state index in [1.807, 2.05) is 6.26 Å². The molecule has 0 fully saturated rings. The third-order valence-corrected chi connectivity index (χ3v) is 3.60. The van der Waals surface area contributed by atoms with Crippen molar-refractivity contribution >= 4 is 41.1 Å². The van der Waals surface area contributed by atoms with Gasteiger partial charge in [-0.25, -0.2) is 9.78 Å². The van der Waals surface area contributed by atoms with Crippen molar-refractivity contribution in [3.63, 3.8) is 0 Å². The minimum atomic E-state index is -1.02. The molecule has 1 rings (SSSR count). The zero-order chi connectivity index (χ0) is 15.8. The average molecular weight is 332 g/mol. The Morgan fingerprint density at radius 2 is 2.24 bits per heavy atom. The Bertz CT molecular complexity index is 484. The lowest BCUT2D eigenvalue weighted by molar-refractivity contribution is -0.141. The van der Waals surface area contributed by atoms with Crippen LogP contribution in [-0.4, -0.2) is 53.6 Å². The molecule has 1 aromatic rings. The van der Waals surface area contributed by atoms with Crippen molar-refractivity contribution in [3.8, 4) is 0 Å². The number of hydrogen-bond donors (Lipinski definition) is 2. The molecule has 0 aliphatic heterocycles. The first kappa shape index (κ1) is 17.6. The Morgan fingerprint density at radius 1 is 1.52 bits per heavy atom. The molecule has 0 aliphatic carbocycles. The van der Waals surface area contributed by atoms with Gasteiger partial charge in [-0.05, 0) is 30.6 Å². The summed E-state index contributed by atoms with van der Waals surface area (Å²) in [4.78, 5) is 28.7. The molecule has 0 aliphatic rings. The summed E-state index contributed by atoms with van der Waals surface area (Å²) in [5.74, 6) is -0.121. The highest BCUT2D eigenvalue weighted by Crippen LogP contribution is 2.12. The maximum atomic E-state index is 11.9. The third kappa shape index (κ3) is 6.22. The number of hydrogen-bond acceptors (Lipinski definition) is 5. The number of likely N-dealkylation sites (N-methyl/N-ethyl adjacent to an activating group) is 1. The van der Waals surface area contributed by atoms with Crippen LogP contribution in [0.3, 0.4) is 0 Å². The van der Waals surface area contributed by atoms with Crippen LogP contribution in [0.5, 0.6) is 0 Å². The Kier molecular flexibility index (Phi) is 7.31. The minimum absolute atomic E-state index is 0.0255. The number of carboxylic acid groups (broad SMARTS) is 1. The van der Waals surface area contributed by atoms with E-state index in [9.17, 15) is 9.59 Å². The summed E-state index contributed by atoms with van der Waals surface area (Å²) in [6.07, 6.45) is 3.77. The van der Waals surface area contributed by atoms with Crippen molar-refractivity contribution < 1.29 is 14.7 Å². The molecule has 1 amide bonds. The monoisotopic (exact) mass is 331 g/mol. The largest absolute Gasteiger partial charge is 0.480 e. The van der Waals surface area contributed by atoms with Gasteiger partial charge in [0.05, 0.1) is 11.6 Å². The van der Waals surface area contributed by atoms with Crippen LogP contribution in [-0.2, 0) is 9.59 Å². The second-order valence-corrected chi connectivity index (χ2v) is 5.85. The summed E-state index contributed by atoms with van der Waals surface area (Å²) in [6, 6.07) is 2.51. The van der Waals surface area contributed by atoms with Gasteiger partial charge in [-0.15, -0.1) is 0 Å². The molecule has 0 saturated carbocycles. The fraction of sp³-hybridized carbons (Fsp3) is 0.462. The number of aliphatic carboxylic acids is 1. The molecular weight excluding hydrogens is 314 g/mol. The quantitative estimate of drug-likeness (QED) is 0.751. The first-order valence-electron chi connectivity index (χ1n) is 6.28. The highest BCUT2D eigenvalue weighted by Gasteiger charge is 2.20. The predicted octanol–water partition coefficient (Wildman–Crippen LogP) is 1.49. The van der Waals surface area contributed by atoms with E-state index >= 15 is 0 Å². The normalized spacial score (nSPS) is 11.8. The van der Waals surface area contributed by atoms with Crippen LogP contribution in [0.4, 0.5) is 5.82 Å². The van der Waals surface area contributed by atoms with Gasteiger partial charge >= 0.3 is 5.97 Å². The Hall–Kier alpha value is -1.47. The maximum absolute atomic E-state index is 11.9. The van der Waals surface area contributed by atoms with Gasteiger partial charge in [0.2, 0.25) is 5.91 Å². The number of carboxylic acids is 1. The van der Waals surface area contributed by atoms with E-state index in [0.29, 0.717) is 23.0 Å². The van der Waals surface area contributed by atoms with E-state index in [-0.39, 0.29) is 12.5 Å². The molecule has 0 bridgehead atoms. The zero-order valence-electron chi connectivity index (χ0n) is 11.9. The van der Waals surface area contributed by atoms with E-state index in [1.165, 1.54) is 18.0 Å². The first-order valence-corrected chi connectivity index (χ1v) is 8.05. The Balaban J connectivity index is 2.54.